The summed E-state index contributed by atoms with van der Waals surface area (Å²) in [7, 11) is 0. The van der Waals surface area contributed by atoms with Crippen LogP contribution in [0.5, 0.6) is 0 Å². The fourth-order valence-corrected chi connectivity index (χ4v) is 4.19. The highest BCUT2D eigenvalue weighted by Gasteiger charge is 2.38. The third-order valence-electron chi connectivity index (χ3n) is 6.01. The Balaban J connectivity index is 0.000000406. The van der Waals surface area contributed by atoms with Gasteiger partial charge in [-0.1, -0.05) is 18.2 Å². The number of fused-ring (bicyclic) bond motifs is 1. The van der Waals surface area contributed by atoms with Gasteiger partial charge in [0, 0.05) is 19.3 Å². The predicted molar refractivity (Wildman–Crippen MR) is 115 cm³/mol. The van der Waals surface area contributed by atoms with Crippen molar-refractivity contribution in [1.82, 2.24) is 19.6 Å². The molecule has 0 bridgehead atoms. The van der Waals surface area contributed by atoms with E-state index in [1.54, 1.807) is 24.4 Å². The summed E-state index contributed by atoms with van der Waals surface area (Å²) in [4.78, 5) is 26.2. The molecule has 2 aliphatic rings. The maximum atomic E-state index is 14.0. The number of carboxylic acids is 1. The fourth-order valence-electron chi connectivity index (χ4n) is 4.19. The molecule has 186 valence electrons. The molecule has 7 nitrogen and oxygen atoms in total. The van der Waals surface area contributed by atoms with Crippen molar-refractivity contribution < 1.29 is 32.3 Å². The standard InChI is InChI=1S/C21H27FN4O.C2HF3O2/c22-20-6-2-1-5-18(20)13-21(27)25-14-17(8-12-24-10-3-4-11-24)15-26-19(16-25)7-9-23-26;3-2(4,5)1(6)7/h1-2,5-7,9,17H,3-4,8,10-16H2;(H,6,7). The number of alkyl halides is 3. The number of benzene rings is 1. The lowest BCUT2D eigenvalue weighted by Crippen LogP contribution is -2.36. The van der Waals surface area contributed by atoms with E-state index in [0.717, 1.165) is 25.2 Å². The molecule has 0 spiro atoms. The summed E-state index contributed by atoms with van der Waals surface area (Å²) < 4.78 is 47.7. The lowest BCUT2D eigenvalue weighted by Gasteiger charge is -2.25. The lowest BCUT2D eigenvalue weighted by atomic mass is 10.0. The Hall–Kier alpha value is -2.95. The van der Waals surface area contributed by atoms with Gasteiger partial charge in [0.05, 0.1) is 18.7 Å². The molecule has 1 fully saturated rings. The third kappa shape index (κ3) is 7.28. The Morgan fingerprint density at radius 1 is 1.09 bits per heavy atom. The molecule has 1 unspecified atom stereocenters. The number of carbonyl (C=O) groups excluding carboxylic acids is 1. The molecule has 0 aliphatic carbocycles. The molecule has 1 saturated heterocycles. The highest BCUT2D eigenvalue weighted by atomic mass is 19.4. The van der Waals surface area contributed by atoms with Crippen LogP contribution in [0.2, 0.25) is 0 Å². The summed E-state index contributed by atoms with van der Waals surface area (Å²) in [5.74, 6) is -2.71. The van der Waals surface area contributed by atoms with Crippen molar-refractivity contribution in [2.24, 2.45) is 5.92 Å². The molecule has 1 atom stereocenters. The monoisotopic (exact) mass is 484 g/mol. The fraction of sp³-hybridized carbons (Fsp3) is 0.522. The van der Waals surface area contributed by atoms with Crippen LogP contribution in [0, 0.1) is 11.7 Å². The molecular formula is C23H28F4N4O3. The van der Waals surface area contributed by atoms with Crippen molar-refractivity contribution in [1.29, 1.82) is 0 Å². The molecule has 34 heavy (non-hydrogen) atoms. The molecule has 2 aromatic rings. The van der Waals surface area contributed by atoms with Crippen molar-refractivity contribution in [2.75, 3.05) is 26.2 Å². The first-order chi connectivity index (χ1) is 16.1. The quantitative estimate of drug-likeness (QED) is 0.659. The summed E-state index contributed by atoms with van der Waals surface area (Å²) in [5.41, 5.74) is 1.52. The van der Waals surface area contributed by atoms with E-state index in [9.17, 15) is 22.4 Å². The SMILES string of the molecule is O=C(Cc1ccccc1F)N1Cc2ccnn2CC(CCN2CCCC2)C1.O=C(O)C(F)(F)F. The Morgan fingerprint density at radius 2 is 1.76 bits per heavy atom. The number of nitrogens with zero attached hydrogens (tertiary/aromatic N) is 4. The number of carboxylic acid groups (broad SMARTS) is 1. The molecule has 3 heterocycles. The minimum absolute atomic E-state index is 0.0130. The molecule has 2 aliphatic heterocycles. The van der Waals surface area contributed by atoms with Crippen LogP contribution in [0.1, 0.15) is 30.5 Å². The Morgan fingerprint density at radius 3 is 2.41 bits per heavy atom. The van der Waals surface area contributed by atoms with Crippen LogP contribution in [-0.4, -0.2) is 68.9 Å². The van der Waals surface area contributed by atoms with Gasteiger partial charge in [-0.2, -0.15) is 18.3 Å². The zero-order valence-corrected chi connectivity index (χ0v) is 18.7. The second-order valence-electron chi connectivity index (χ2n) is 8.55. The first-order valence-electron chi connectivity index (χ1n) is 11.2. The van der Waals surface area contributed by atoms with E-state index in [1.165, 1.54) is 32.0 Å². The van der Waals surface area contributed by atoms with E-state index in [2.05, 4.69) is 10.00 Å². The Labute approximate surface area is 194 Å². The minimum atomic E-state index is -5.08. The van der Waals surface area contributed by atoms with Gasteiger partial charge in [0.1, 0.15) is 5.82 Å². The number of aromatic nitrogens is 2. The maximum Gasteiger partial charge on any atom is 0.490 e. The summed E-state index contributed by atoms with van der Waals surface area (Å²) in [5, 5.41) is 11.6. The van der Waals surface area contributed by atoms with Gasteiger partial charge < -0.3 is 14.9 Å². The number of rotatable bonds is 5. The number of amides is 1. The Kier molecular flexibility index (Phi) is 8.65. The molecule has 4 rings (SSSR count). The molecule has 0 radical (unpaired) electrons. The van der Waals surface area contributed by atoms with Crippen LogP contribution in [0.4, 0.5) is 17.6 Å². The molecule has 0 saturated carbocycles. The average Bonchev–Trinajstić information content (AvgIpc) is 3.42. The van der Waals surface area contributed by atoms with Crippen molar-refractivity contribution >= 4 is 11.9 Å². The number of carbonyl (C=O) groups is 2. The third-order valence-corrected chi connectivity index (χ3v) is 6.01. The number of hydrogen-bond donors (Lipinski definition) is 1. The first-order valence-corrected chi connectivity index (χ1v) is 11.2. The lowest BCUT2D eigenvalue weighted by molar-refractivity contribution is -0.192. The van der Waals surface area contributed by atoms with Gasteiger partial charge >= 0.3 is 12.1 Å². The smallest absolute Gasteiger partial charge is 0.475 e. The largest absolute Gasteiger partial charge is 0.490 e. The second-order valence-corrected chi connectivity index (χ2v) is 8.55. The normalized spacial score (nSPS) is 18.6. The van der Waals surface area contributed by atoms with E-state index in [0.29, 0.717) is 24.6 Å². The number of likely N-dealkylation sites (tertiary alicyclic amines) is 1. The zero-order chi connectivity index (χ0) is 24.7. The summed E-state index contributed by atoms with van der Waals surface area (Å²) in [6.45, 7) is 5.57. The van der Waals surface area contributed by atoms with Gasteiger partial charge in [0.25, 0.3) is 0 Å². The van der Waals surface area contributed by atoms with Crippen LogP contribution < -0.4 is 0 Å². The summed E-state index contributed by atoms with van der Waals surface area (Å²) in [6.07, 6.45) is 0.475. The van der Waals surface area contributed by atoms with Crippen LogP contribution in [0.15, 0.2) is 36.5 Å². The van der Waals surface area contributed by atoms with Gasteiger partial charge in [-0.3, -0.25) is 9.48 Å². The molecule has 1 aromatic heterocycles. The highest BCUT2D eigenvalue weighted by molar-refractivity contribution is 5.78. The van der Waals surface area contributed by atoms with Crippen LogP contribution in [0.3, 0.4) is 0 Å². The summed E-state index contributed by atoms with van der Waals surface area (Å²) in [6, 6.07) is 8.52. The number of halogens is 4. The average molecular weight is 484 g/mol. The van der Waals surface area contributed by atoms with Crippen LogP contribution in [-0.2, 0) is 29.1 Å². The van der Waals surface area contributed by atoms with E-state index in [4.69, 9.17) is 9.90 Å². The topological polar surface area (TPSA) is 78.7 Å². The predicted octanol–water partition coefficient (Wildman–Crippen LogP) is 3.34. The van der Waals surface area contributed by atoms with Gasteiger partial charge in [-0.15, -0.1) is 0 Å². The first kappa shape index (κ1) is 25.7. The van der Waals surface area contributed by atoms with Gasteiger partial charge in [-0.25, -0.2) is 9.18 Å². The van der Waals surface area contributed by atoms with Gasteiger partial charge in [0.2, 0.25) is 5.91 Å². The number of aliphatic carboxylic acids is 1. The molecule has 1 N–H and O–H groups in total. The van der Waals surface area contributed by atoms with Crippen molar-refractivity contribution in [3.63, 3.8) is 0 Å². The van der Waals surface area contributed by atoms with E-state index in [1.807, 2.05) is 15.6 Å². The number of hydrogen-bond acceptors (Lipinski definition) is 4. The molecular weight excluding hydrogens is 456 g/mol. The molecule has 1 aromatic carbocycles. The van der Waals surface area contributed by atoms with Crippen LogP contribution in [0.25, 0.3) is 0 Å². The minimum Gasteiger partial charge on any atom is -0.475 e. The van der Waals surface area contributed by atoms with Crippen molar-refractivity contribution in [2.45, 2.75) is 44.9 Å². The molecule has 1 amide bonds. The highest BCUT2D eigenvalue weighted by Crippen LogP contribution is 2.21. The van der Waals surface area contributed by atoms with E-state index >= 15 is 0 Å². The molecule has 11 heteroatoms. The Bertz CT molecular complexity index is 973. The summed E-state index contributed by atoms with van der Waals surface area (Å²) >= 11 is 0. The van der Waals surface area contributed by atoms with E-state index in [-0.39, 0.29) is 18.1 Å². The zero-order valence-electron chi connectivity index (χ0n) is 18.7. The van der Waals surface area contributed by atoms with Crippen molar-refractivity contribution in [3.05, 3.63) is 53.6 Å². The van der Waals surface area contributed by atoms with Crippen molar-refractivity contribution in [3.8, 4) is 0 Å². The second kappa shape index (κ2) is 11.5. The maximum absolute atomic E-state index is 14.0. The van der Waals surface area contributed by atoms with E-state index < -0.39 is 12.1 Å². The van der Waals surface area contributed by atoms with Gasteiger partial charge in [0.15, 0.2) is 0 Å². The van der Waals surface area contributed by atoms with Crippen LogP contribution >= 0.6 is 0 Å². The van der Waals surface area contributed by atoms with Gasteiger partial charge in [-0.05, 0) is 62.5 Å².